The number of anilines is 1. The number of hydrogen-bond donors (Lipinski definition) is 3. The standard InChI is InChI=1S/C13H9ClN2O3S2/c14-9-4-3-7(6-8(9)12(18)19)15-13(20)16-11(17)10-2-1-5-21-10/h1-6H,(H,18,19)(H2,15,16,17,20). The van der Waals surface area contributed by atoms with E-state index in [1.807, 2.05) is 0 Å². The minimum Gasteiger partial charge on any atom is -0.478 e. The van der Waals surface area contributed by atoms with Crippen LogP contribution >= 0.6 is 35.2 Å². The third-order valence-corrected chi connectivity index (χ3v) is 3.83. The maximum absolute atomic E-state index is 11.8. The van der Waals surface area contributed by atoms with Gasteiger partial charge in [0.05, 0.1) is 15.5 Å². The summed E-state index contributed by atoms with van der Waals surface area (Å²) in [6.45, 7) is 0. The van der Waals surface area contributed by atoms with Crippen LogP contribution in [0, 0.1) is 0 Å². The van der Waals surface area contributed by atoms with E-state index in [9.17, 15) is 9.59 Å². The van der Waals surface area contributed by atoms with Gasteiger partial charge in [-0.15, -0.1) is 11.3 Å². The first-order valence-corrected chi connectivity index (χ1v) is 7.32. The predicted molar refractivity (Wildman–Crippen MR) is 86.4 cm³/mol. The number of amides is 1. The van der Waals surface area contributed by atoms with Crippen molar-refractivity contribution < 1.29 is 14.7 Å². The second-order valence-electron chi connectivity index (χ2n) is 3.89. The first-order chi connectivity index (χ1) is 9.97. The summed E-state index contributed by atoms with van der Waals surface area (Å²) in [5.41, 5.74) is 0.377. The van der Waals surface area contributed by atoms with Crippen molar-refractivity contribution in [2.75, 3.05) is 5.32 Å². The van der Waals surface area contributed by atoms with Gasteiger partial charge in [-0.3, -0.25) is 10.1 Å². The highest BCUT2D eigenvalue weighted by atomic mass is 35.5. The zero-order chi connectivity index (χ0) is 15.4. The van der Waals surface area contributed by atoms with E-state index in [4.69, 9.17) is 28.9 Å². The lowest BCUT2D eigenvalue weighted by atomic mass is 10.2. The Morgan fingerprint density at radius 3 is 2.67 bits per heavy atom. The number of benzene rings is 1. The molecule has 0 saturated heterocycles. The summed E-state index contributed by atoms with van der Waals surface area (Å²) in [4.78, 5) is 23.3. The number of nitrogens with one attached hydrogen (secondary N) is 2. The Morgan fingerprint density at radius 2 is 2.05 bits per heavy atom. The Labute approximate surface area is 134 Å². The molecule has 0 saturated carbocycles. The summed E-state index contributed by atoms with van der Waals surface area (Å²) >= 11 is 12.1. The van der Waals surface area contributed by atoms with E-state index in [0.29, 0.717) is 10.6 Å². The van der Waals surface area contributed by atoms with E-state index in [1.165, 1.54) is 23.5 Å². The van der Waals surface area contributed by atoms with Crippen molar-refractivity contribution in [3.8, 4) is 0 Å². The minimum atomic E-state index is -1.14. The van der Waals surface area contributed by atoms with Gasteiger partial charge in [0.1, 0.15) is 0 Å². The molecule has 0 bridgehead atoms. The summed E-state index contributed by atoms with van der Waals surface area (Å²) in [7, 11) is 0. The topological polar surface area (TPSA) is 78.4 Å². The number of thiophene rings is 1. The van der Waals surface area contributed by atoms with E-state index in [-0.39, 0.29) is 21.6 Å². The molecule has 0 fully saturated rings. The average molecular weight is 341 g/mol. The molecule has 5 nitrogen and oxygen atoms in total. The fourth-order valence-corrected chi connectivity index (χ4v) is 2.53. The Hall–Kier alpha value is -1.96. The number of aromatic carboxylic acids is 1. The van der Waals surface area contributed by atoms with Gasteiger partial charge in [-0.05, 0) is 41.9 Å². The second kappa shape index (κ2) is 6.66. The van der Waals surface area contributed by atoms with Crippen LogP contribution in [0.15, 0.2) is 35.7 Å². The SMILES string of the molecule is O=C(NC(=S)Nc1ccc(Cl)c(C(=O)O)c1)c1cccs1. The number of carboxylic acid groups (broad SMARTS) is 1. The van der Waals surface area contributed by atoms with Crippen molar-refractivity contribution in [3.05, 3.63) is 51.2 Å². The van der Waals surface area contributed by atoms with E-state index < -0.39 is 5.97 Å². The Balaban J connectivity index is 2.05. The van der Waals surface area contributed by atoms with Crippen molar-refractivity contribution in [2.45, 2.75) is 0 Å². The molecule has 1 heterocycles. The maximum Gasteiger partial charge on any atom is 0.337 e. The number of carbonyl (C=O) groups excluding carboxylic acids is 1. The molecule has 21 heavy (non-hydrogen) atoms. The lowest BCUT2D eigenvalue weighted by Gasteiger charge is -2.10. The van der Waals surface area contributed by atoms with Crippen molar-refractivity contribution in [2.24, 2.45) is 0 Å². The summed E-state index contributed by atoms with van der Waals surface area (Å²) in [5, 5.41) is 16.2. The van der Waals surface area contributed by atoms with Crippen LogP contribution in [-0.4, -0.2) is 22.1 Å². The Kier molecular flexibility index (Phi) is 4.89. The number of carboxylic acids is 1. The van der Waals surface area contributed by atoms with Gasteiger partial charge in [-0.1, -0.05) is 17.7 Å². The van der Waals surface area contributed by atoms with Crippen LogP contribution in [0.2, 0.25) is 5.02 Å². The van der Waals surface area contributed by atoms with Gasteiger partial charge in [-0.25, -0.2) is 4.79 Å². The summed E-state index contributed by atoms with van der Waals surface area (Å²) < 4.78 is 0. The molecule has 1 aromatic heterocycles. The highest BCUT2D eigenvalue weighted by molar-refractivity contribution is 7.80. The van der Waals surface area contributed by atoms with Crippen LogP contribution in [-0.2, 0) is 0 Å². The molecule has 2 aromatic rings. The zero-order valence-electron chi connectivity index (χ0n) is 10.4. The highest BCUT2D eigenvalue weighted by Crippen LogP contribution is 2.20. The molecule has 0 atom stereocenters. The van der Waals surface area contributed by atoms with Gasteiger partial charge in [0.2, 0.25) is 0 Å². The molecule has 2 rings (SSSR count). The predicted octanol–water partition coefficient (Wildman–Crippen LogP) is 3.23. The molecular weight excluding hydrogens is 332 g/mol. The highest BCUT2D eigenvalue weighted by Gasteiger charge is 2.12. The quantitative estimate of drug-likeness (QED) is 0.748. The van der Waals surface area contributed by atoms with Crippen molar-refractivity contribution in [1.82, 2.24) is 5.32 Å². The van der Waals surface area contributed by atoms with Gasteiger partial charge in [0.25, 0.3) is 5.91 Å². The van der Waals surface area contributed by atoms with E-state index in [0.717, 1.165) is 0 Å². The van der Waals surface area contributed by atoms with Crippen LogP contribution in [0.5, 0.6) is 0 Å². The number of thiocarbonyl (C=S) groups is 1. The number of halogens is 1. The molecule has 3 N–H and O–H groups in total. The molecule has 0 unspecified atom stereocenters. The van der Waals surface area contributed by atoms with Gasteiger partial charge in [0.15, 0.2) is 5.11 Å². The molecule has 108 valence electrons. The minimum absolute atomic E-state index is 0.0472. The Morgan fingerprint density at radius 1 is 1.29 bits per heavy atom. The largest absolute Gasteiger partial charge is 0.478 e. The van der Waals surface area contributed by atoms with Gasteiger partial charge >= 0.3 is 5.97 Å². The van der Waals surface area contributed by atoms with Crippen LogP contribution in [0.4, 0.5) is 5.69 Å². The number of rotatable bonds is 3. The first kappa shape index (κ1) is 15.4. The zero-order valence-corrected chi connectivity index (χ0v) is 12.8. The van der Waals surface area contributed by atoms with E-state index >= 15 is 0 Å². The van der Waals surface area contributed by atoms with Crippen LogP contribution in [0.3, 0.4) is 0 Å². The average Bonchev–Trinajstić information content (AvgIpc) is 2.94. The van der Waals surface area contributed by atoms with E-state index in [1.54, 1.807) is 23.6 Å². The van der Waals surface area contributed by atoms with Gasteiger partial charge in [0, 0.05) is 5.69 Å². The molecule has 1 aromatic carbocycles. The van der Waals surface area contributed by atoms with Crippen LogP contribution < -0.4 is 10.6 Å². The van der Waals surface area contributed by atoms with Gasteiger partial charge < -0.3 is 10.4 Å². The molecule has 0 spiro atoms. The number of hydrogen-bond acceptors (Lipinski definition) is 4. The summed E-state index contributed by atoms with van der Waals surface area (Å²) in [5.74, 6) is -1.47. The monoisotopic (exact) mass is 340 g/mol. The fraction of sp³-hybridized carbons (Fsp3) is 0. The third kappa shape index (κ3) is 4.01. The summed E-state index contributed by atoms with van der Waals surface area (Å²) in [6, 6.07) is 7.78. The first-order valence-electron chi connectivity index (χ1n) is 5.66. The molecule has 0 aliphatic rings. The van der Waals surface area contributed by atoms with Gasteiger partial charge in [-0.2, -0.15) is 0 Å². The maximum atomic E-state index is 11.8. The molecule has 0 radical (unpaired) electrons. The van der Waals surface area contributed by atoms with E-state index in [2.05, 4.69) is 10.6 Å². The molecule has 0 aliphatic carbocycles. The lowest BCUT2D eigenvalue weighted by molar-refractivity contribution is 0.0697. The van der Waals surface area contributed by atoms with Crippen LogP contribution in [0.25, 0.3) is 0 Å². The number of carbonyl (C=O) groups is 2. The lowest BCUT2D eigenvalue weighted by Crippen LogP contribution is -2.33. The molecule has 8 heteroatoms. The summed E-state index contributed by atoms with van der Waals surface area (Å²) in [6.07, 6.45) is 0. The molecule has 1 amide bonds. The molecule has 0 aliphatic heterocycles. The van der Waals surface area contributed by atoms with Crippen molar-refractivity contribution in [1.29, 1.82) is 0 Å². The fourth-order valence-electron chi connectivity index (χ4n) is 1.50. The smallest absolute Gasteiger partial charge is 0.337 e. The van der Waals surface area contributed by atoms with Crippen molar-refractivity contribution >= 4 is 57.8 Å². The second-order valence-corrected chi connectivity index (χ2v) is 5.65. The third-order valence-electron chi connectivity index (χ3n) is 2.43. The Bertz CT molecular complexity index is 701. The van der Waals surface area contributed by atoms with Crippen molar-refractivity contribution in [3.63, 3.8) is 0 Å². The molecular formula is C13H9ClN2O3S2. The normalized spacial score (nSPS) is 9.95. The van der Waals surface area contributed by atoms with Crippen LogP contribution in [0.1, 0.15) is 20.0 Å².